The average Bonchev–Trinajstić information content (AvgIpc) is 3.09. The van der Waals surface area contributed by atoms with Crippen LogP contribution in [0.4, 0.5) is 14.5 Å². The first-order valence-electron chi connectivity index (χ1n) is 8.20. The third-order valence-electron chi connectivity index (χ3n) is 5.12. The molecule has 2 aliphatic heterocycles. The van der Waals surface area contributed by atoms with E-state index in [1.54, 1.807) is 31.2 Å². The maximum Gasteiger partial charge on any atom is 0.326 e. The van der Waals surface area contributed by atoms with Crippen LogP contribution >= 0.6 is 0 Å². The van der Waals surface area contributed by atoms with Crippen molar-refractivity contribution in [2.24, 2.45) is 0 Å². The van der Waals surface area contributed by atoms with Gasteiger partial charge in [-0.3, -0.25) is 9.69 Å². The molecular weight excluding hydrogens is 344 g/mol. The summed E-state index contributed by atoms with van der Waals surface area (Å²) in [5.41, 5.74) is -0.164. The molecule has 2 unspecified atom stereocenters. The number of aliphatic carboxylic acids is 1. The Morgan fingerprint density at radius 1 is 1.27 bits per heavy atom. The molecule has 134 valence electrons. The number of halogens is 2. The van der Waals surface area contributed by atoms with E-state index in [2.05, 4.69) is 0 Å². The Morgan fingerprint density at radius 3 is 2.65 bits per heavy atom. The molecule has 0 aliphatic carbocycles. The summed E-state index contributed by atoms with van der Waals surface area (Å²) in [6.07, 6.45) is 0.205. The van der Waals surface area contributed by atoms with Gasteiger partial charge in [0.1, 0.15) is 23.8 Å². The van der Waals surface area contributed by atoms with Gasteiger partial charge in [0, 0.05) is 17.3 Å². The van der Waals surface area contributed by atoms with Gasteiger partial charge in [-0.1, -0.05) is 25.1 Å². The maximum atomic E-state index is 13.9. The molecule has 2 aromatic carbocycles. The zero-order valence-corrected chi connectivity index (χ0v) is 13.8. The average molecular weight is 359 g/mol. The first kappa shape index (κ1) is 16.5. The molecule has 1 amide bonds. The molecule has 7 heteroatoms. The molecule has 0 saturated carbocycles. The van der Waals surface area contributed by atoms with E-state index in [0.29, 0.717) is 11.3 Å². The van der Waals surface area contributed by atoms with E-state index in [1.165, 1.54) is 4.90 Å². The number of carboxylic acids is 1. The van der Waals surface area contributed by atoms with Gasteiger partial charge in [0.25, 0.3) is 0 Å². The number of para-hydroxylation sites is 1. The number of hydrogen-bond acceptors (Lipinski definition) is 3. The molecule has 1 spiro atoms. The van der Waals surface area contributed by atoms with Gasteiger partial charge in [-0.2, -0.15) is 0 Å². The summed E-state index contributed by atoms with van der Waals surface area (Å²) in [5, 5.41) is 9.55. The van der Waals surface area contributed by atoms with Gasteiger partial charge in [0.15, 0.2) is 11.6 Å². The van der Waals surface area contributed by atoms with Gasteiger partial charge in [-0.15, -0.1) is 0 Å². The molecule has 1 N–H and O–H groups in total. The Bertz CT molecular complexity index is 945. The van der Waals surface area contributed by atoms with E-state index < -0.39 is 35.0 Å². The predicted octanol–water partition coefficient (Wildman–Crippen LogP) is 2.85. The van der Waals surface area contributed by atoms with E-state index in [-0.39, 0.29) is 24.3 Å². The predicted molar refractivity (Wildman–Crippen MR) is 88.3 cm³/mol. The summed E-state index contributed by atoms with van der Waals surface area (Å²) in [7, 11) is 0. The first-order chi connectivity index (χ1) is 12.4. The Morgan fingerprint density at radius 2 is 1.96 bits per heavy atom. The minimum Gasteiger partial charge on any atom is -0.491 e. The number of carboxylic acid groups (broad SMARTS) is 1. The lowest BCUT2D eigenvalue weighted by Crippen LogP contribution is -2.49. The minimum atomic E-state index is -1.37. The van der Waals surface area contributed by atoms with Crippen LogP contribution < -0.4 is 9.64 Å². The van der Waals surface area contributed by atoms with Crippen LogP contribution in [-0.4, -0.2) is 29.6 Å². The highest BCUT2D eigenvalue weighted by Crippen LogP contribution is 2.53. The third-order valence-corrected chi connectivity index (χ3v) is 5.12. The van der Waals surface area contributed by atoms with Crippen LogP contribution in [0.25, 0.3) is 0 Å². The van der Waals surface area contributed by atoms with Crippen molar-refractivity contribution in [3.05, 3.63) is 59.2 Å². The summed E-state index contributed by atoms with van der Waals surface area (Å²) in [5.74, 6) is -3.68. The van der Waals surface area contributed by atoms with Gasteiger partial charge in [-0.05, 0) is 24.1 Å². The van der Waals surface area contributed by atoms with Crippen molar-refractivity contribution < 1.29 is 28.2 Å². The van der Waals surface area contributed by atoms with Crippen molar-refractivity contribution in [1.29, 1.82) is 0 Å². The fourth-order valence-corrected chi connectivity index (χ4v) is 3.90. The Balaban J connectivity index is 1.97. The molecule has 0 saturated heterocycles. The first-order valence-corrected chi connectivity index (χ1v) is 8.20. The number of anilines is 1. The number of hydrogen-bond donors (Lipinski definition) is 1. The van der Waals surface area contributed by atoms with Crippen LogP contribution in [0.1, 0.15) is 24.5 Å². The summed E-state index contributed by atoms with van der Waals surface area (Å²) >= 11 is 0. The van der Waals surface area contributed by atoms with Crippen molar-refractivity contribution in [3.63, 3.8) is 0 Å². The largest absolute Gasteiger partial charge is 0.491 e. The maximum absolute atomic E-state index is 13.9. The Labute approximate surface area is 147 Å². The molecule has 0 fully saturated rings. The monoisotopic (exact) mass is 359 g/mol. The number of carbonyl (C=O) groups excluding carboxylic acids is 1. The second-order valence-electron chi connectivity index (χ2n) is 6.41. The van der Waals surface area contributed by atoms with E-state index in [0.717, 1.165) is 12.1 Å². The number of carbonyl (C=O) groups is 2. The summed E-state index contributed by atoms with van der Waals surface area (Å²) < 4.78 is 33.0. The second-order valence-corrected chi connectivity index (χ2v) is 6.41. The van der Waals surface area contributed by atoms with Crippen LogP contribution in [0.2, 0.25) is 0 Å². The number of nitrogens with zero attached hydrogens (tertiary/aromatic N) is 1. The highest BCUT2D eigenvalue weighted by Gasteiger charge is 2.58. The zero-order chi connectivity index (χ0) is 18.6. The van der Waals surface area contributed by atoms with Crippen LogP contribution in [-0.2, 0) is 15.0 Å². The van der Waals surface area contributed by atoms with Crippen LogP contribution in [0.3, 0.4) is 0 Å². The number of fused-ring (bicyclic) bond motifs is 4. The smallest absolute Gasteiger partial charge is 0.326 e. The molecule has 0 aromatic heterocycles. The van der Waals surface area contributed by atoms with Gasteiger partial charge in [-0.25, -0.2) is 13.6 Å². The van der Waals surface area contributed by atoms with Crippen molar-refractivity contribution in [2.45, 2.75) is 24.8 Å². The quantitative estimate of drug-likeness (QED) is 0.915. The van der Waals surface area contributed by atoms with E-state index in [1.807, 2.05) is 0 Å². The van der Waals surface area contributed by atoms with Crippen LogP contribution in [0.15, 0.2) is 36.4 Å². The molecule has 2 heterocycles. The number of benzene rings is 2. The third kappa shape index (κ3) is 1.94. The van der Waals surface area contributed by atoms with Crippen molar-refractivity contribution in [2.75, 3.05) is 11.5 Å². The highest BCUT2D eigenvalue weighted by atomic mass is 19.2. The van der Waals surface area contributed by atoms with Crippen molar-refractivity contribution >= 4 is 17.6 Å². The Kier molecular flexibility index (Phi) is 3.50. The lowest BCUT2D eigenvalue weighted by Gasteiger charge is -2.27. The topological polar surface area (TPSA) is 66.8 Å². The van der Waals surface area contributed by atoms with Crippen molar-refractivity contribution in [1.82, 2.24) is 0 Å². The molecule has 5 nitrogen and oxygen atoms in total. The van der Waals surface area contributed by atoms with E-state index >= 15 is 0 Å². The zero-order valence-electron chi connectivity index (χ0n) is 13.8. The number of amides is 1. The van der Waals surface area contributed by atoms with Gasteiger partial charge >= 0.3 is 5.97 Å². The molecule has 2 aliphatic rings. The lowest BCUT2D eigenvalue weighted by molar-refractivity contribution is -0.140. The molecule has 2 atom stereocenters. The standard InChI is InChI=1S/C19H15F2NO4/c1-2-14(17(23)24)22-15-6-4-3-5-10(15)19(18(22)25)9-26-16-8-13(21)12(20)7-11(16)19/h3-8,14H,2,9H2,1H3,(H,23,24). The van der Waals surface area contributed by atoms with Crippen LogP contribution in [0, 0.1) is 11.6 Å². The number of ether oxygens (including phenoxy) is 1. The summed E-state index contributed by atoms with van der Waals surface area (Å²) in [6.45, 7) is 1.54. The summed E-state index contributed by atoms with van der Waals surface area (Å²) in [4.78, 5) is 26.3. The Hall–Kier alpha value is -2.96. The highest BCUT2D eigenvalue weighted by molar-refractivity contribution is 6.14. The molecule has 0 radical (unpaired) electrons. The van der Waals surface area contributed by atoms with E-state index in [9.17, 15) is 23.5 Å². The molecule has 2 aromatic rings. The van der Waals surface area contributed by atoms with Gasteiger partial charge < -0.3 is 9.84 Å². The van der Waals surface area contributed by atoms with Gasteiger partial charge in [0.05, 0.1) is 0 Å². The number of rotatable bonds is 3. The van der Waals surface area contributed by atoms with E-state index in [4.69, 9.17) is 4.74 Å². The second kappa shape index (κ2) is 5.52. The summed E-state index contributed by atoms with van der Waals surface area (Å²) in [6, 6.07) is 7.61. The van der Waals surface area contributed by atoms with Crippen molar-refractivity contribution in [3.8, 4) is 5.75 Å². The molecular formula is C19H15F2NO4. The normalized spacial score (nSPS) is 21.5. The fourth-order valence-electron chi connectivity index (χ4n) is 3.90. The molecule has 0 bridgehead atoms. The van der Waals surface area contributed by atoms with Gasteiger partial charge in [0.2, 0.25) is 5.91 Å². The SMILES string of the molecule is CCC(C(=O)O)N1C(=O)C2(COc3cc(F)c(F)cc32)c2ccccc21. The van der Waals surface area contributed by atoms with Crippen LogP contribution in [0.5, 0.6) is 5.75 Å². The molecule has 26 heavy (non-hydrogen) atoms. The lowest BCUT2D eigenvalue weighted by atomic mass is 9.77. The minimum absolute atomic E-state index is 0.0947. The molecule has 4 rings (SSSR count). The fraction of sp³-hybridized carbons (Fsp3) is 0.263.